The molecule has 2 atom stereocenters. The lowest BCUT2D eigenvalue weighted by Gasteiger charge is -2.29. The number of nitrogens with zero attached hydrogens (tertiary/aromatic N) is 6. The fourth-order valence-corrected chi connectivity index (χ4v) is 5.41. The number of aromatic nitrogens is 5. The SMILES string of the molecule is CCn1c(-c2ccc(OCC3COC(Cn4cncn4)(c4ccc(Cl)cc4Cl)O3)cc2)cnc1SC.O=[N+]([O-])O. The second-order valence-electron chi connectivity index (χ2n) is 8.47. The smallest absolute Gasteiger partial charge is 0.291 e. The third kappa shape index (κ3) is 7.04. The molecular weight excluding hydrogens is 583 g/mol. The molecule has 0 spiro atoms. The van der Waals surface area contributed by atoms with Gasteiger partial charge < -0.3 is 24.0 Å². The molecule has 4 aromatic rings. The van der Waals surface area contributed by atoms with Gasteiger partial charge in [0.25, 0.3) is 5.09 Å². The maximum atomic E-state index is 8.36. The first kappa shape index (κ1) is 29.6. The first-order valence-corrected chi connectivity index (χ1v) is 14.0. The summed E-state index contributed by atoms with van der Waals surface area (Å²) in [5, 5.41) is 19.8. The number of hydrogen-bond donors (Lipinski definition) is 1. The van der Waals surface area contributed by atoms with Gasteiger partial charge in [-0.15, -0.1) is 10.1 Å². The van der Waals surface area contributed by atoms with Crippen LogP contribution < -0.4 is 4.74 Å². The Labute approximate surface area is 243 Å². The molecule has 2 aromatic carbocycles. The van der Waals surface area contributed by atoms with Crippen molar-refractivity contribution in [3.05, 3.63) is 87.0 Å². The van der Waals surface area contributed by atoms with Crippen molar-refractivity contribution in [3.63, 3.8) is 0 Å². The fourth-order valence-electron chi connectivity index (χ4n) is 4.25. The summed E-state index contributed by atoms with van der Waals surface area (Å²) >= 11 is 14.3. The number of rotatable bonds is 9. The third-order valence-electron chi connectivity index (χ3n) is 5.94. The molecule has 2 unspecified atom stereocenters. The summed E-state index contributed by atoms with van der Waals surface area (Å²) in [6.45, 7) is 3.90. The van der Waals surface area contributed by atoms with Crippen molar-refractivity contribution in [1.29, 1.82) is 0 Å². The summed E-state index contributed by atoms with van der Waals surface area (Å²) < 4.78 is 22.5. The molecule has 15 heteroatoms. The van der Waals surface area contributed by atoms with Crippen molar-refractivity contribution < 1.29 is 24.5 Å². The molecule has 1 fully saturated rings. The molecule has 0 amide bonds. The Morgan fingerprint density at radius 3 is 2.65 bits per heavy atom. The minimum Gasteiger partial charge on any atom is -0.491 e. The highest BCUT2D eigenvalue weighted by molar-refractivity contribution is 7.98. The summed E-state index contributed by atoms with van der Waals surface area (Å²) in [7, 11) is 0. The standard InChI is InChI=1S/C25H25Cl2N5O3S.HNO3/c1-3-32-23(11-29-24(32)36-2)17-4-7-19(8-5-17)33-12-20-13-34-25(35-20,14-31-16-28-15-30-31)21-9-6-18(26)10-22(21)27;2-1(3)4/h4-11,15-16,20H,3,12-14H2,1-2H3;(H,2,3,4). The Hall–Kier alpha value is -3.36. The van der Waals surface area contributed by atoms with Gasteiger partial charge in [-0.1, -0.05) is 41.0 Å². The van der Waals surface area contributed by atoms with E-state index in [4.69, 9.17) is 52.7 Å². The molecule has 5 rings (SSSR count). The van der Waals surface area contributed by atoms with E-state index in [-0.39, 0.29) is 12.6 Å². The molecule has 1 aliphatic rings. The van der Waals surface area contributed by atoms with Crippen LogP contribution in [0.1, 0.15) is 12.5 Å². The van der Waals surface area contributed by atoms with Gasteiger partial charge in [-0.3, -0.25) is 0 Å². The van der Waals surface area contributed by atoms with Crippen LogP contribution in [0.2, 0.25) is 10.0 Å². The topological polar surface area (TPSA) is 140 Å². The number of benzene rings is 2. The summed E-state index contributed by atoms with van der Waals surface area (Å²) in [5.41, 5.74) is 2.84. The Balaban J connectivity index is 0.000000867. The molecule has 3 heterocycles. The van der Waals surface area contributed by atoms with Gasteiger partial charge in [0.2, 0.25) is 5.79 Å². The van der Waals surface area contributed by atoms with Crippen LogP contribution >= 0.6 is 35.0 Å². The van der Waals surface area contributed by atoms with Crippen LogP contribution in [0.3, 0.4) is 0 Å². The van der Waals surface area contributed by atoms with E-state index in [1.165, 1.54) is 6.33 Å². The predicted molar refractivity (Wildman–Crippen MR) is 148 cm³/mol. The van der Waals surface area contributed by atoms with Crippen molar-refractivity contribution in [2.45, 2.75) is 37.1 Å². The van der Waals surface area contributed by atoms with E-state index < -0.39 is 10.9 Å². The summed E-state index contributed by atoms with van der Waals surface area (Å²) in [5.74, 6) is -0.394. The molecule has 212 valence electrons. The van der Waals surface area contributed by atoms with Gasteiger partial charge in [0.05, 0.1) is 23.5 Å². The zero-order valence-corrected chi connectivity index (χ0v) is 23.8. The largest absolute Gasteiger partial charge is 0.491 e. The van der Waals surface area contributed by atoms with Crippen molar-refractivity contribution in [2.75, 3.05) is 19.5 Å². The number of thioether (sulfide) groups is 1. The van der Waals surface area contributed by atoms with Crippen molar-refractivity contribution in [3.8, 4) is 17.0 Å². The normalized spacial score (nSPS) is 18.2. The second-order valence-corrected chi connectivity index (χ2v) is 10.1. The van der Waals surface area contributed by atoms with E-state index in [2.05, 4.69) is 26.6 Å². The van der Waals surface area contributed by atoms with Crippen LogP contribution in [-0.2, 0) is 28.4 Å². The molecule has 0 radical (unpaired) electrons. The Morgan fingerprint density at radius 2 is 2.02 bits per heavy atom. The third-order valence-corrected chi connectivity index (χ3v) is 7.18. The van der Waals surface area contributed by atoms with E-state index >= 15 is 0 Å². The highest BCUT2D eigenvalue weighted by Crippen LogP contribution is 2.40. The van der Waals surface area contributed by atoms with Crippen LogP contribution in [0.25, 0.3) is 11.3 Å². The molecule has 1 aliphatic heterocycles. The first-order valence-electron chi connectivity index (χ1n) is 12.0. The Kier molecular flexibility index (Phi) is 9.87. The minimum atomic E-state index is -1.50. The lowest BCUT2D eigenvalue weighted by molar-refractivity contribution is -0.742. The first-order chi connectivity index (χ1) is 19.2. The quantitative estimate of drug-likeness (QED) is 0.153. The zero-order chi connectivity index (χ0) is 28.7. The van der Waals surface area contributed by atoms with Crippen molar-refractivity contribution >= 4 is 35.0 Å². The maximum Gasteiger partial charge on any atom is 0.291 e. The van der Waals surface area contributed by atoms with Crippen molar-refractivity contribution in [1.82, 2.24) is 24.3 Å². The molecule has 0 aliphatic carbocycles. The molecule has 40 heavy (non-hydrogen) atoms. The molecular formula is C25H26Cl2N6O6S. The number of hydrogen-bond acceptors (Lipinski definition) is 9. The van der Waals surface area contributed by atoms with Crippen LogP contribution in [0.15, 0.2) is 66.5 Å². The summed E-state index contributed by atoms with van der Waals surface area (Å²) in [6, 6.07) is 13.2. The van der Waals surface area contributed by atoms with Crippen LogP contribution in [-0.4, -0.2) is 60.2 Å². The van der Waals surface area contributed by atoms with Crippen LogP contribution in [0.5, 0.6) is 5.75 Å². The van der Waals surface area contributed by atoms with Gasteiger partial charge in [-0.2, -0.15) is 5.10 Å². The molecule has 0 saturated carbocycles. The molecule has 12 nitrogen and oxygen atoms in total. The van der Waals surface area contributed by atoms with E-state index in [0.717, 1.165) is 28.7 Å². The highest BCUT2D eigenvalue weighted by Gasteiger charge is 2.45. The number of halogens is 2. The monoisotopic (exact) mass is 608 g/mol. The van der Waals surface area contributed by atoms with Gasteiger partial charge in [0, 0.05) is 22.7 Å². The van der Waals surface area contributed by atoms with Crippen molar-refractivity contribution in [2.24, 2.45) is 0 Å². The fraction of sp³-hybridized carbons (Fsp3) is 0.320. The molecule has 1 saturated heterocycles. The lowest BCUT2D eigenvalue weighted by atomic mass is 10.1. The second kappa shape index (κ2) is 13.3. The van der Waals surface area contributed by atoms with Crippen LogP contribution in [0, 0.1) is 10.1 Å². The minimum absolute atomic E-state index is 0.280. The predicted octanol–water partition coefficient (Wildman–Crippen LogP) is 5.19. The van der Waals surface area contributed by atoms with Crippen LogP contribution in [0.4, 0.5) is 0 Å². The molecule has 2 aromatic heterocycles. The van der Waals surface area contributed by atoms with E-state index in [1.54, 1.807) is 34.9 Å². The van der Waals surface area contributed by atoms with E-state index in [0.29, 0.717) is 28.8 Å². The van der Waals surface area contributed by atoms with Gasteiger partial charge in [-0.25, -0.2) is 14.6 Å². The van der Waals surface area contributed by atoms with E-state index in [1.807, 2.05) is 42.8 Å². The maximum absolute atomic E-state index is 8.36. The van der Waals surface area contributed by atoms with Gasteiger partial charge >= 0.3 is 0 Å². The van der Waals surface area contributed by atoms with Gasteiger partial charge in [0.15, 0.2) is 5.16 Å². The number of ether oxygens (including phenoxy) is 3. The lowest BCUT2D eigenvalue weighted by Crippen LogP contribution is -2.35. The molecule has 0 bridgehead atoms. The van der Waals surface area contributed by atoms with Gasteiger partial charge in [-0.05, 0) is 49.6 Å². The summed E-state index contributed by atoms with van der Waals surface area (Å²) in [4.78, 5) is 16.9. The average Bonchev–Trinajstić information content (AvgIpc) is 3.68. The highest BCUT2D eigenvalue weighted by atomic mass is 35.5. The molecule has 1 N–H and O–H groups in total. The Morgan fingerprint density at radius 1 is 1.27 bits per heavy atom. The zero-order valence-electron chi connectivity index (χ0n) is 21.5. The average molecular weight is 609 g/mol. The summed E-state index contributed by atoms with van der Waals surface area (Å²) in [6.07, 6.45) is 6.70. The van der Waals surface area contributed by atoms with E-state index in [9.17, 15) is 0 Å². The Bertz CT molecular complexity index is 1420. The van der Waals surface area contributed by atoms with Gasteiger partial charge in [0.1, 0.15) is 37.7 Å². The number of imidazole rings is 1.